The molecule has 2 aromatic carbocycles. The number of hydrogen-bond donors (Lipinski definition) is 1. The summed E-state index contributed by atoms with van der Waals surface area (Å²) in [6, 6.07) is 12.6. The minimum Gasteiger partial charge on any atom is -0.352 e. The second kappa shape index (κ2) is 11.6. The van der Waals surface area contributed by atoms with Crippen molar-refractivity contribution in [2.24, 2.45) is 0 Å². The summed E-state index contributed by atoms with van der Waals surface area (Å²) in [6.45, 7) is 7.27. The molecule has 0 aliphatic heterocycles. The molecule has 1 unspecified atom stereocenters. The van der Waals surface area contributed by atoms with Crippen LogP contribution < -0.4 is 5.32 Å². The lowest BCUT2D eigenvalue weighted by atomic mass is 10.1. The Bertz CT molecular complexity index is 1070. The van der Waals surface area contributed by atoms with E-state index in [1.54, 1.807) is 0 Å². The van der Waals surface area contributed by atoms with Crippen LogP contribution in [0.25, 0.3) is 0 Å². The molecule has 1 N–H and O–H groups in total. The first-order valence-corrected chi connectivity index (χ1v) is 12.6. The van der Waals surface area contributed by atoms with Gasteiger partial charge in [0.15, 0.2) is 0 Å². The van der Waals surface area contributed by atoms with Gasteiger partial charge in [-0.1, -0.05) is 42.8 Å². The Morgan fingerprint density at radius 3 is 2.21 bits per heavy atom. The zero-order valence-electron chi connectivity index (χ0n) is 19.7. The summed E-state index contributed by atoms with van der Waals surface area (Å²) in [7, 11) is -2.56. The highest BCUT2D eigenvalue weighted by Crippen LogP contribution is 2.20. The average Bonchev–Trinajstić information content (AvgIpc) is 2.74. The molecule has 0 heterocycles. The van der Waals surface area contributed by atoms with Gasteiger partial charge in [-0.2, -0.15) is 4.31 Å². The maximum Gasteiger partial charge on any atom is 0.243 e. The van der Waals surface area contributed by atoms with Gasteiger partial charge in [-0.3, -0.25) is 9.59 Å². The number of carbonyl (C=O) groups excluding carboxylic acids is 2. The van der Waals surface area contributed by atoms with E-state index in [-0.39, 0.29) is 23.4 Å². The topological polar surface area (TPSA) is 86.8 Å². The van der Waals surface area contributed by atoms with Crippen molar-refractivity contribution in [1.82, 2.24) is 14.5 Å². The molecule has 2 rings (SSSR count). The van der Waals surface area contributed by atoms with Crippen molar-refractivity contribution in [2.75, 3.05) is 13.6 Å². The first-order valence-electron chi connectivity index (χ1n) is 10.8. The molecule has 0 aromatic heterocycles. The highest BCUT2D eigenvalue weighted by atomic mass is 35.5. The maximum absolute atomic E-state index is 13.4. The highest BCUT2D eigenvalue weighted by Gasteiger charge is 2.32. The summed E-state index contributed by atoms with van der Waals surface area (Å²) < 4.78 is 26.9. The highest BCUT2D eigenvalue weighted by molar-refractivity contribution is 7.89. The summed E-state index contributed by atoms with van der Waals surface area (Å²) in [5, 5.41) is 3.28. The van der Waals surface area contributed by atoms with Crippen LogP contribution in [0.15, 0.2) is 53.4 Å². The van der Waals surface area contributed by atoms with Gasteiger partial charge in [0, 0.05) is 24.7 Å². The molecule has 2 amide bonds. The van der Waals surface area contributed by atoms with Crippen molar-refractivity contribution >= 4 is 33.4 Å². The largest absolute Gasteiger partial charge is 0.352 e. The quantitative estimate of drug-likeness (QED) is 0.547. The zero-order chi connectivity index (χ0) is 24.8. The molecule has 0 spiro atoms. The first kappa shape index (κ1) is 26.8. The van der Waals surface area contributed by atoms with Crippen LogP contribution in [0.5, 0.6) is 0 Å². The van der Waals surface area contributed by atoms with E-state index in [0.717, 1.165) is 15.4 Å². The van der Waals surface area contributed by atoms with Crippen LogP contribution in [0.4, 0.5) is 0 Å². The lowest BCUT2D eigenvalue weighted by molar-refractivity contribution is -0.141. The molecule has 33 heavy (non-hydrogen) atoms. The zero-order valence-corrected chi connectivity index (χ0v) is 21.3. The van der Waals surface area contributed by atoms with E-state index in [1.165, 1.54) is 36.2 Å². The monoisotopic (exact) mass is 493 g/mol. The van der Waals surface area contributed by atoms with Gasteiger partial charge in [0.1, 0.15) is 6.04 Å². The van der Waals surface area contributed by atoms with Crippen LogP contribution in [0, 0.1) is 6.92 Å². The number of nitrogens with one attached hydrogen (secondary N) is 1. The Kier molecular flexibility index (Phi) is 9.46. The van der Waals surface area contributed by atoms with E-state index >= 15 is 0 Å². The van der Waals surface area contributed by atoms with E-state index in [4.69, 9.17) is 11.6 Å². The van der Waals surface area contributed by atoms with E-state index in [0.29, 0.717) is 11.4 Å². The molecule has 0 saturated heterocycles. The number of halogens is 1. The molecular weight excluding hydrogens is 462 g/mol. The van der Waals surface area contributed by atoms with Crippen molar-refractivity contribution in [1.29, 1.82) is 0 Å². The molecule has 1 atom stereocenters. The summed E-state index contributed by atoms with van der Waals surface area (Å²) in [6.07, 6.45) is 0.393. The molecule has 0 aliphatic rings. The van der Waals surface area contributed by atoms with Crippen LogP contribution >= 0.6 is 11.6 Å². The molecule has 180 valence electrons. The van der Waals surface area contributed by atoms with E-state index in [1.807, 2.05) is 52.0 Å². The number of carbonyl (C=O) groups is 2. The van der Waals surface area contributed by atoms with E-state index < -0.39 is 28.5 Å². The molecule has 0 aliphatic carbocycles. The van der Waals surface area contributed by atoms with Gasteiger partial charge < -0.3 is 10.2 Å². The SMILES string of the molecule is CCC(C(=O)NC(C)C)N(Cc1ccccc1C)C(=O)CN(C)S(=O)(=O)c1ccc(Cl)cc1. The lowest BCUT2D eigenvalue weighted by Crippen LogP contribution is -2.52. The predicted octanol–water partition coefficient (Wildman–Crippen LogP) is 3.60. The Labute approximate surface area is 201 Å². The fourth-order valence-corrected chi connectivity index (χ4v) is 4.67. The Hall–Kier alpha value is -2.42. The lowest BCUT2D eigenvalue weighted by Gasteiger charge is -2.32. The van der Waals surface area contributed by atoms with Gasteiger partial charge in [0.2, 0.25) is 21.8 Å². The third-order valence-corrected chi connectivity index (χ3v) is 7.37. The number of nitrogens with zero attached hydrogens (tertiary/aromatic N) is 2. The Morgan fingerprint density at radius 1 is 1.06 bits per heavy atom. The molecule has 2 aromatic rings. The minimum absolute atomic E-state index is 0.0391. The van der Waals surface area contributed by atoms with Crippen LogP contribution in [0.3, 0.4) is 0 Å². The molecule has 7 nitrogen and oxygen atoms in total. The van der Waals surface area contributed by atoms with Crippen LogP contribution in [0.1, 0.15) is 38.3 Å². The fourth-order valence-electron chi connectivity index (χ4n) is 3.42. The van der Waals surface area contributed by atoms with Gasteiger partial charge >= 0.3 is 0 Å². The normalized spacial score (nSPS) is 12.6. The van der Waals surface area contributed by atoms with E-state index in [9.17, 15) is 18.0 Å². The van der Waals surface area contributed by atoms with Gasteiger partial charge in [-0.15, -0.1) is 0 Å². The summed E-state index contributed by atoms with van der Waals surface area (Å²) >= 11 is 5.87. The summed E-state index contributed by atoms with van der Waals surface area (Å²) in [4.78, 5) is 27.8. The van der Waals surface area contributed by atoms with Gasteiger partial charge in [0.25, 0.3) is 0 Å². The van der Waals surface area contributed by atoms with Crippen LogP contribution in [-0.2, 0) is 26.2 Å². The third-order valence-electron chi connectivity index (χ3n) is 5.30. The number of benzene rings is 2. The standard InChI is InChI=1S/C24H32ClN3O4S/c1-6-22(24(30)26-17(2)3)28(15-19-10-8-7-9-18(19)4)23(29)16-27(5)33(31,32)21-13-11-20(25)12-14-21/h7-14,17,22H,6,15-16H2,1-5H3,(H,26,30). The second-order valence-electron chi connectivity index (χ2n) is 8.25. The number of likely N-dealkylation sites (N-methyl/N-ethyl adjacent to an activating group) is 1. The minimum atomic E-state index is -3.91. The van der Waals surface area contributed by atoms with Crippen LogP contribution in [-0.4, -0.2) is 55.1 Å². The number of hydrogen-bond acceptors (Lipinski definition) is 4. The molecular formula is C24H32ClN3O4S. The average molecular weight is 494 g/mol. The van der Waals surface area contributed by atoms with Gasteiger partial charge in [-0.05, 0) is 62.6 Å². The molecule has 9 heteroatoms. The Balaban J connectivity index is 2.34. The van der Waals surface area contributed by atoms with E-state index in [2.05, 4.69) is 5.32 Å². The van der Waals surface area contributed by atoms with Crippen molar-refractivity contribution < 1.29 is 18.0 Å². The third kappa shape index (κ3) is 7.03. The van der Waals surface area contributed by atoms with Crippen molar-refractivity contribution in [2.45, 2.75) is 57.6 Å². The number of rotatable bonds is 10. The van der Waals surface area contributed by atoms with Crippen molar-refractivity contribution in [3.8, 4) is 0 Å². The van der Waals surface area contributed by atoms with Crippen molar-refractivity contribution in [3.05, 3.63) is 64.7 Å². The smallest absolute Gasteiger partial charge is 0.243 e. The maximum atomic E-state index is 13.4. The van der Waals surface area contributed by atoms with Gasteiger partial charge in [0.05, 0.1) is 11.4 Å². The predicted molar refractivity (Wildman–Crippen MR) is 130 cm³/mol. The number of aryl methyl sites for hydroxylation is 1. The molecule has 0 saturated carbocycles. The molecule has 0 bridgehead atoms. The summed E-state index contributed by atoms with van der Waals surface area (Å²) in [5.74, 6) is -0.721. The molecule has 0 radical (unpaired) electrons. The molecule has 0 fully saturated rings. The number of amides is 2. The van der Waals surface area contributed by atoms with Gasteiger partial charge in [-0.25, -0.2) is 8.42 Å². The van der Waals surface area contributed by atoms with Crippen molar-refractivity contribution in [3.63, 3.8) is 0 Å². The Morgan fingerprint density at radius 2 is 1.67 bits per heavy atom. The second-order valence-corrected chi connectivity index (χ2v) is 10.7. The first-order chi connectivity index (χ1) is 15.5. The fraction of sp³-hybridized carbons (Fsp3) is 0.417. The van der Waals surface area contributed by atoms with Crippen LogP contribution in [0.2, 0.25) is 5.02 Å². The number of sulfonamides is 1. The summed E-state index contributed by atoms with van der Waals surface area (Å²) in [5.41, 5.74) is 1.88.